The summed E-state index contributed by atoms with van der Waals surface area (Å²) in [7, 11) is 0. The second kappa shape index (κ2) is 9.61. The lowest BCUT2D eigenvalue weighted by atomic mass is 9.97. The predicted octanol–water partition coefficient (Wildman–Crippen LogP) is 4.40. The predicted molar refractivity (Wildman–Crippen MR) is 107 cm³/mol. The van der Waals surface area contributed by atoms with E-state index in [4.69, 9.17) is 4.74 Å². The van der Waals surface area contributed by atoms with Gasteiger partial charge in [-0.2, -0.15) is 5.26 Å². The van der Waals surface area contributed by atoms with Crippen LogP contribution in [0.5, 0.6) is 5.75 Å². The fourth-order valence-corrected chi connectivity index (χ4v) is 3.19. The molecule has 1 amide bonds. The minimum absolute atomic E-state index is 0.127. The number of benzene rings is 1. The Hall–Kier alpha value is -3.26. The maximum Gasteiger partial charge on any atom is 0.252 e. The molecular weight excluding hydrogens is 352 g/mol. The Bertz CT molecular complexity index is 901. The highest BCUT2D eigenvalue weighted by Gasteiger charge is 2.18. The third kappa shape index (κ3) is 5.37. The Kier molecular flexibility index (Phi) is 6.69. The summed E-state index contributed by atoms with van der Waals surface area (Å²) in [6.07, 6.45) is 11.8. The molecule has 1 aromatic carbocycles. The highest BCUT2D eigenvalue weighted by atomic mass is 16.5. The van der Waals surface area contributed by atoms with Crippen LogP contribution in [0.4, 0.5) is 0 Å². The molecule has 144 valence electrons. The average Bonchev–Trinajstić information content (AvgIpc) is 2.73. The van der Waals surface area contributed by atoms with E-state index in [1.807, 2.05) is 30.3 Å². The van der Waals surface area contributed by atoms with E-state index in [9.17, 15) is 15.2 Å². The van der Waals surface area contributed by atoms with Gasteiger partial charge in [0.1, 0.15) is 5.75 Å². The molecule has 5 heteroatoms. The summed E-state index contributed by atoms with van der Waals surface area (Å²) in [5.74, 6) is 0.534. The van der Waals surface area contributed by atoms with Crippen LogP contribution in [0, 0.1) is 11.3 Å². The fourth-order valence-electron chi connectivity index (χ4n) is 3.19. The number of hydrogen-bond donors (Lipinski definition) is 2. The van der Waals surface area contributed by atoms with Gasteiger partial charge in [-0.15, -0.1) is 0 Å². The number of amides is 1. The minimum atomic E-state index is -0.356. The number of aliphatic hydroxyl groups excluding tert-OH is 1. The Morgan fingerprint density at radius 2 is 2.18 bits per heavy atom. The lowest BCUT2D eigenvalue weighted by Crippen LogP contribution is -2.25. The molecule has 0 atom stereocenters. The number of rotatable bonds is 7. The molecule has 0 aromatic heterocycles. The van der Waals surface area contributed by atoms with E-state index in [0.717, 1.165) is 30.6 Å². The largest absolute Gasteiger partial charge is 0.512 e. The maximum atomic E-state index is 12.4. The van der Waals surface area contributed by atoms with Crippen molar-refractivity contribution >= 4 is 5.91 Å². The normalized spacial score (nSPS) is 16.1. The van der Waals surface area contributed by atoms with Crippen LogP contribution in [0.25, 0.3) is 0 Å². The highest BCUT2D eigenvalue weighted by Crippen LogP contribution is 2.22. The van der Waals surface area contributed by atoms with Gasteiger partial charge in [0, 0.05) is 25.0 Å². The van der Waals surface area contributed by atoms with Crippen molar-refractivity contribution in [1.29, 1.82) is 5.26 Å². The number of carbonyl (C=O) groups is 1. The maximum absolute atomic E-state index is 12.4. The number of nitrogens with one attached hydrogen (secondary N) is 1. The molecule has 0 radical (unpaired) electrons. The van der Waals surface area contributed by atoms with E-state index in [2.05, 4.69) is 23.5 Å². The van der Waals surface area contributed by atoms with Gasteiger partial charge in [-0.3, -0.25) is 4.79 Å². The van der Waals surface area contributed by atoms with E-state index >= 15 is 0 Å². The van der Waals surface area contributed by atoms with Gasteiger partial charge in [0.05, 0.1) is 24.0 Å². The molecule has 0 heterocycles. The van der Waals surface area contributed by atoms with Gasteiger partial charge in [0.25, 0.3) is 5.91 Å². The monoisotopic (exact) mass is 376 g/mol. The summed E-state index contributed by atoms with van der Waals surface area (Å²) in [6.45, 7) is 0.926. The summed E-state index contributed by atoms with van der Waals surface area (Å²) >= 11 is 0. The van der Waals surface area contributed by atoms with Crippen molar-refractivity contribution in [3.8, 4) is 11.8 Å². The summed E-state index contributed by atoms with van der Waals surface area (Å²) < 4.78 is 5.84. The van der Waals surface area contributed by atoms with Gasteiger partial charge >= 0.3 is 0 Å². The molecule has 2 N–H and O–H groups in total. The first-order valence-electron chi connectivity index (χ1n) is 9.54. The summed E-state index contributed by atoms with van der Waals surface area (Å²) in [4.78, 5) is 12.4. The Morgan fingerprint density at radius 1 is 1.29 bits per heavy atom. The van der Waals surface area contributed by atoms with Crippen LogP contribution in [0.15, 0.2) is 71.0 Å². The van der Waals surface area contributed by atoms with E-state index in [-0.39, 0.29) is 17.2 Å². The topological polar surface area (TPSA) is 82.4 Å². The Labute approximate surface area is 165 Å². The molecule has 0 saturated heterocycles. The molecule has 0 saturated carbocycles. The number of allylic oxidation sites excluding steroid dienone is 5. The first-order valence-corrected chi connectivity index (χ1v) is 9.54. The van der Waals surface area contributed by atoms with Crippen molar-refractivity contribution in [2.75, 3.05) is 6.61 Å². The zero-order valence-electron chi connectivity index (χ0n) is 15.8. The highest BCUT2D eigenvalue weighted by molar-refractivity contribution is 5.98. The lowest BCUT2D eigenvalue weighted by molar-refractivity contribution is -0.117. The lowest BCUT2D eigenvalue weighted by Gasteiger charge is -2.14. The van der Waals surface area contributed by atoms with Crippen LogP contribution >= 0.6 is 0 Å². The zero-order chi connectivity index (χ0) is 19.8. The van der Waals surface area contributed by atoms with Crippen molar-refractivity contribution in [1.82, 2.24) is 5.32 Å². The number of ether oxygens (including phenoxy) is 1. The second-order valence-corrected chi connectivity index (χ2v) is 6.83. The van der Waals surface area contributed by atoms with E-state index < -0.39 is 0 Å². The third-order valence-corrected chi connectivity index (χ3v) is 4.73. The fraction of sp³-hybridized carbons (Fsp3) is 0.304. The molecule has 0 fully saturated rings. The molecule has 1 aromatic rings. The van der Waals surface area contributed by atoms with Crippen molar-refractivity contribution in [3.63, 3.8) is 0 Å². The van der Waals surface area contributed by atoms with Crippen LogP contribution in [0.3, 0.4) is 0 Å². The molecule has 0 aliphatic heterocycles. The quantitative estimate of drug-likeness (QED) is 0.739. The van der Waals surface area contributed by atoms with Crippen LogP contribution in [0.2, 0.25) is 0 Å². The Morgan fingerprint density at radius 3 is 2.96 bits per heavy atom. The van der Waals surface area contributed by atoms with Crippen molar-refractivity contribution in [2.24, 2.45) is 0 Å². The zero-order valence-corrected chi connectivity index (χ0v) is 15.8. The standard InChI is InChI=1S/C23H24N2O3/c24-15-19-9-10-20(26)14-22(19)23(27)25-16-18-7-4-8-21(13-18)28-12-11-17-5-2-1-3-6-17/h2,4-8,13-14,26H,1,3,9-12,16H2,(H,25,27). The van der Waals surface area contributed by atoms with Gasteiger partial charge in [0.2, 0.25) is 0 Å². The van der Waals surface area contributed by atoms with Crippen molar-refractivity contribution < 1.29 is 14.6 Å². The summed E-state index contributed by atoms with van der Waals surface area (Å²) in [6, 6.07) is 9.65. The van der Waals surface area contributed by atoms with Gasteiger partial charge in [-0.1, -0.05) is 30.4 Å². The minimum Gasteiger partial charge on any atom is -0.512 e. The van der Waals surface area contributed by atoms with Crippen molar-refractivity contribution in [2.45, 2.75) is 38.6 Å². The molecule has 28 heavy (non-hydrogen) atoms. The number of nitrogens with zero attached hydrogens (tertiary/aromatic N) is 1. The summed E-state index contributed by atoms with van der Waals surface area (Å²) in [5, 5.41) is 21.6. The van der Waals surface area contributed by atoms with Gasteiger partial charge in [0.15, 0.2) is 0 Å². The number of aliphatic hydroxyl groups is 1. The molecule has 5 nitrogen and oxygen atoms in total. The average molecular weight is 376 g/mol. The van der Waals surface area contributed by atoms with Crippen LogP contribution in [-0.4, -0.2) is 17.6 Å². The van der Waals surface area contributed by atoms with Crippen LogP contribution < -0.4 is 10.1 Å². The van der Waals surface area contributed by atoms with Gasteiger partial charge in [-0.05, 0) is 48.6 Å². The molecule has 3 rings (SSSR count). The molecular formula is C23H24N2O3. The van der Waals surface area contributed by atoms with Gasteiger partial charge < -0.3 is 15.2 Å². The molecule has 0 unspecified atom stereocenters. The summed E-state index contributed by atoms with van der Waals surface area (Å²) in [5.41, 5.74) is 2.86. The van der Waals surface area contributed by atoms with E-state index in [1.54, 1.807) is 0 Å². The molecule has 0 spiro atoms. The van der Waals surface area contributed by atoms with Crippen molar-refractivity contribution in [3.05, 3.63) is 76.6 Å². The molecule has 2 aliphatic carbocycles. The number of hydrogen-bond acceptors (Lipinski definition) is 4. The Balaban J connectivity index is 1.54. The van der Waals surface area contributed by atoms with E-state index in [0.29, 0.717) is 31.6 Å². The second-order valence-electron chi connectivity index (χ2n) is 6.83. The van der Waals surface area contributed by atoms with Crippen LogP contribution in [0.1, 0.15) is 37.7 Å². The first-order chi connectivity index (χ1) is 13.7. The molecule has 0 bridgehead atoms. The SMILES string of the molecule is N#CC1=C(C(=O)NCc2cccc(OCCC3=CCCC=C3)c2)C=C(O)CC1. The van der Waals surface area contributed by atoms with Crippen LogP contribution in [-0.2, 0) is 11.3 Å². The van der Waals surface area contributed by atoms with E-state index in [1.165, 1.54) is 11.6 Å². The smallest absolute Gasteiger partial charge is 0.252 e. The third-order valence-electron chi connectivity index (χ3n) is 4.73. The number of nitriles is 1. The van der Waals surface area contributed by atoms with Gasteiger partial charge in [-0.25, -0.2) is 0 Å². The first kappa shape index (κ1) is 19.5. The number of carbonyl (C=O) groups excluding carboxylic acids is 1. The molecule has 2 aliphatic rings.